The van der Waals surface area contributed by atoms with Crippen LogP contribution in [0.1, 0.15) is 85.0 Å². The van der Waals surface area contributed by atoms with E-state index in [1.807, 2.05) is 0 Å². The van der Waals surface area contributed by atoms with Crippen molar-refractivity contribution >= 4 is 15.9 Å². The summed E-state index contributed by atoms with van der Waals surface area (Å²) in [5.74, 6) is 6.50. The summed E-state index contributed by atoms with van der Waals surface area (Å²) in [5.41, 5.74) is 0.279. The quantitative estimate of drug-likeness (QED) is 0.531. The van der Waals surface area contributed by atoms with Gasteiger partial charge in [-0.2, -0.15) is 0 Å². The molecular formula is C23H39BrO. The summed E-state index contributed by atoms with van der Waals surface area (Å²) in [4.78, 5) is 0. The number of hydrogen-bond donors (Lipinski definition) is 1. The van der Waals surface area contributed by atoms with Gasteiger partial charge < -0.3 is 5.11 Å². The Morgan fingerprint density at radius 3 is 2.48 bits per heavy atom. The molecule has 144 valence electrons. The number of halogens is 1. The van der Waals surface area contributed by atoms with E-state index in [4.69, 9.17) is 0 Å². The fourth-order valence-electron chi connectivity index (χ4n) is 8.37. The van der Waals surface area contributed by atoms with Gasteiger partial charge in [-0.25, -0.2) is 0 Å². The van der Waals surface area contributed by atoms with Crippen molar-refractivity contribution in [3.05, 3.63) is 0 Å². The van der Waals surface area contributed by atoms with Crippen LogP contribution in [0, 0.1) is 46.8 Å². The van der Waals surface area contributed by atoms with Gasteiger partial charge in [0.2, 0.25) is 0 Å². The summed E-state index contributed by atoms with van der Waals surface area (Å²) in [6.45, 7) is 7.32. The van der Waals surface area contributed by atoms with Crippen LogP contribution in [0.5, 0.6) is 0 Å². The maximum absolute atomic E-state index is 10.8. The normalized spacial score (nSPS) is 53.6. The lowest BCUT2D eigenvalue weighted by molar-refractivity contribution is -0.108. The van der Waals surface area contributed by atoms with E-state index >= 15 is 0 Å². The third kappa shape index (κ3) is 2.96. The molecule has 0 bridgehead atoms. The summed E-state index contributed by atoms with van der Waals surface area (Å²) in [5, 5.41) is 12.0. The van der Waals surface area contributed by atoms with Crippen molar-refractivity contribution in [2.45, 2.75) is 90.6 Å². The Hall–Kier alpha value is 0.440. The number of fused-ring (bicyclic) bond motifs is 5. The predicted molar refractivity (Wildman–Crippen MR) is 109 cm³/mol. The van der Waals surface area contributed by atoms with E-state index in [9.17, 15) is 5.11 Å². The van der Waals surface area contributed by atoms with Crippen LogP contribution >= 0.6 is 15.9 Å². The van der Waals surface area contributed by atoms with Crippen molar-refractivity contribution < 1.29 is 5.11 Å². The molecule has 4 aliphatic rings. The first-order valence-corrected chi connectivity index (χ1v) is 12.3. The minimum absolute atomic E-state index is 0.332. The maximum atomic E-state index is 10.8. The number of rotatable bonds is 3. The van der Waals surface area contributed by atoms with Gasteiger partial charge >= 0.3 is 0 Å². The van der Waals surface area contributed by atoms with Gasteiger partial charge in [0.05, 0.1) is 5.60 Å². The van der Waals surface area contributed by atoms with Crippen LogP contribution in [0.25, 0.3) is 0 Å². The molecule has 25 heavy (non-hydrogen) atoms. The van der Waals surface area contributed by atoms with Gasteiger partial charge in [-0.1, -0.05) is 36.7 Å². The van der Waals surface area contributed by atoms with Gasteiger partial charge in [0.15, 0.2) is 0 Å². The van der Waals surface area contributed by atoms with Gasteiger partial charge in [0, 0.05) is 5.33 Å². The molecule has 9 atom stereocenters. The maximum Gasteiger partial charge on any atom is 0.0648 e. The SMILES string of the molecule is CC[C@@]1(O)CC[C@H]2[C@H](CC[C@@H]3[C@@H]2CC[C@]2(C)[C@@H](C(C)CBr)CC[C@@H]32)C1. The molecule has 1 nitrogen and oxygen atoms in total. The topological polar surface area (TPSA) is 20.2 Å². The van der Waals surface area contributed by atoms with E-state index in [0.29, 0.717) is 5.41 Å². The molecule has 0 spiro atoms. The van der Waals surface area contributed by atoms with Crippen molar-refractivity contribution in [2.24, 2.45) is 46.8 Å². The Bertz CT molecular complexity index is 492. The molecule has 1 unspecified atom stereocenters. The molecule has 0 amide bonds. The monoisotopic (exact) mass is 410 g/mol. The third-order valence-electron chi connectivity index (χ3n) is 9.77. The molecule has 0 aromatic heterocycles. The van der Waals surface area contributed by atoms with Crippen LogP contribution in [0.15, 0.2) is 0 Å². The first-order valence-electron chi connectivity index (χ1n) is 11.2. The second kappa shape index (κ2) is 6.80. The molecular weight excluding hydrogens is 372 g/mol. The van der Waals surface area contributed by atoms with E-state index in [1.165, 1.54) is 50.3 Å². The molecule has 4 fully saturated rings. The number of alkyl halides is 1. The standard InChI is InChI=1S/C23H39BrO/c1-4-23(25)12-10-17-16(13-23)5-6-19-18(17)9-11-22(3)20(15(2)14-24)7-8-21(19)22/h15-21,25H,4-14H2,1-3H3/t15?,16-,17+,18-,19-,20-,21+,22-,23-/m1/s1. The molecule has 0 aliphatic heterocycles. The highest BCUT2D eigenvalue weighted by Crippen LogP contribution is 2.65. The predicted octanol–water partition coefficient (Wildman–Crippen LogP) is 6.43. The minimum atomic E-state index is -0.332. The van der Waals surface area contributed by atoms with Crippen molar-refractivity contribution in [3.63, 3.8) is 0 Å². The molecule has 0 aromatic rings. The van der Waals surface area contributed by atoms with Crippen molar-refractivity contribution in [2.75, 3.05) is 5.33 Å². The molecule has 4 aliphatic carbocycles. The lowest BCUT2D eigenvalue weighted by Gasteiger charge is -2.57. The Balaban J connectivity index is 1.51. The van der Waals surface area contributed by atoms with Crippen molar-refractivity contribution in [3.8, 4) is 0 Å². The van der Waals surface area contributed by atoms with Crippen LogP contribution in [-0.2, 0) is 0 Å². The van der Waals surface area contributed by atoms with Crippen LogP contribution in [-0.4, -0.2) is 16.0 Å². The highest BCUT2D eigenvalue weighted by Gasteiger charge is 2.58. The van der Waals surface area contributed by atoms with Crippen LogP contribution in [0.2, 0.25) is 0 Å². The molecule has 0 saturated heterocycles. The summed E-state index contributed by atoms with van der Waals surface area (Å²) in [6, 6.07) is 0. The lowest BCUT2D eigenvalue weighted by Crippen LogP contribution is -2.51. The van der Waals surface area contributed by atoms with Crippen molar-refractivity contribution in [1.29, 1.82) is 0 Å². The van der Waals surface area contributed by atoms with Crippen LogP contribution in [0.4, 0.5) is 0 Å². The summed E-state index contributed by atoms with van der Waals surface area (Å²) in [6.07, 6.45) is 13.2. The largest absolute Gasteiger partial charge is 0.390 e. The Labute approximate surface area is 163 Å². The Morgan fingerprint density at radius 1 is 1.00 bits per heavy atom. The van der Waals surface area contributed by atoms with Crippen LogP contribution < -0.4 is 0 Å². The summed E-state index contributed by atoms with van der Waals surface area (Å²) >= 11 is 3.77. The van der Waals surface area contributed by atoms with E-state index in [-0.39, 0.29) is 5.60 Å². The molecule has 1 N–H and O–H groups in total. The van der Waals surface area contributed by atoms with Gasteiger partial charge in [0.1, 0.15) is 0 Å². The van der Waals surface area contributed by atoms with Gasteiger partial charge in [-0.15, -0.1) is 0 Å². The Kier molecular flexibility index (Phi) is 5.11. The summed E-state index contributed by atoms with van der Waals surface area (Å²) < 4.78 is 0. The van der Waals surface area contributed by atoms with Crippen LogP contribution in [0.3, 0.4) is 0 Å². The van der Waals surface area contributed by atoms with E-state index < -0.39 is 0 Å². The van der Waals surface area contributed by atoms with E-state index in [1.54, 1.807) is 0 Å². The number of hydrogen-bond acceptors (Lipinski definition) is 1. The third-order valence-corrected chi connectivity index (χ3v) is 10.8. The second-order valence-electron chi connectivity index (χ2n) is 10.6. The average molecular weight is 411 g/mol. The zero-order valence-electron chi connectivity index (χ0n) is 16.6. The summed E-state index contributed by atoms with van der Waals surface area (Å²) in [7, 11) is 0. The first kappa shape index (κ1) is 18.8. The van der Waals surface area contributed by atoms with Gasteiger partial charge in [-0.3, -0.25) is 0 Å². The zero-order chi connectivity index (χ0) is 17.8. The smallest absolute Gasteiger partial charge is 0.0648 e. The first-order chi connectivity index (χ1) is 11.9. The highest BCUT2D eigenvalue weighted by molar-refractivity contribution is 9.09. The fraction of sp³-hybridized carbons (Fsp3) is 1.00. The van der Waals surface area contributed by atoms with E-state index in [0.717, 1.165) is 60.7 Å². The molecule has 0 heterocycles. The highest BCUT2D eigenvalue weighted by atomic mass is 79.9. The lowest BCUT2D eigenvalue weighted by atomic mass is 9.48. The molecule has 2 heteroatoms. The average Bonchev–Trinajstić information content (AvgIpc) is 2.98. The molecule has 0 radical (unpaired) electrons. The van der Waals surface area contributed by atoms with Gasteiger partial charge in [-0.05, 0) is 111 Å². The van der Waals surface area contributed by atoms with Crippen molar-refractivity contribution in [1.82, 2.24) is 0 Å². The molecule has 4 rings (SSSR count). The number of aliphatic hydroxyl groups is 1. The minimum Gasteiger partial charge on any atom is -0.390 e. The Morgan fingerprint density at radius 2 is 1.76 bits per heavy atom. The molecule has 4 saturated carbocycles. The molecule has 0 aromatic carbocycles. The fourth-order valence-corrected chi connectivity index (χ4v) is 8.82. The van der Waals surface area contributed by atoms with E-state index in [2.05, 4.69) is 36.7 Å². The second-order valence-corrected chi connectivity index (χ2v) is 11.3. The zero-order valence-corrected chi connectivity index (χ0v) is 18.2. The van der Waals surface area contributed by atoms with Gasteiger partial charge in [0.25, 0.3) is 0 Å².